The van der Waals surface area contributed by atoms with Crippen LogP contribution in [-0.2, 0) is 20.9 Å². The van der Waals surface area contributed by atoms with Crippen LogP contribution in [0.3, 0.4) is 0 Å². The number of primary amides is 1. The van der Waals surface area contributed by atoms with Crippen LogP contribution in [-0.4, -0.2) is 47.7 Å². The van der Waals surface area contributed by atoms with Crippen LogP contribution in [0, 0.1) is 11.3 Å². The number of alkyl carbamates (subject to hydrolysis) is 1. The first kappa shape index (κ1) is 27.3. The van der Waals surface area contributed by atoms with Gasteiger partial charge >= 0.3 is 12.2 Å². The van der Waals surface area contributed by atoms with Gasteiger partial charge in [0.25, 0.3) is 0 Å². The molecule has 0 aromatic heterocycles. The fourth-order valence-electron chi connectivity index (χ4n) is 5.43. The van der Waals surface area contributed by atoms with Crippen LogP contribution in [0.25, 0.3) is 0 Å². The van der Waals surface area contributed by atoms with Gasteiger partial charge in [-0.1, -0.05) is 30.3 Å². The van der Waals surface area contributed by atoms with Crippen molar-refractivity contribution in [2.75, 3.05) is 6.54 Å². The molecular weight excluding hydrogens is 464 g/mol. The molecule has 3 saturated carbocycles. The number of hydrogen-bond donors (Lipinski definition) is 5. The van der Waals surface area contributed by atoms with E-state index < -0.39 is 36.1 Å². The fraction of sp³-hybridized carbons (Fsp3) is 0.615. The maximum atomic E-state index is 13.0. The van der Waals surface area contributed by atoms with Gasteiger partial charge in [0.1, 0.15) is 18.7 Å². The molecule has 0 unspecified atom stereocenters. The van der Waals surface area contributed by atoms with E-state index in [1.807, 2.05) is 30.3 Å². The molecule has 6 N–H and O–H groups in total. The monoisotopic (exact) mass is 502 g/mol. The molecule has 3 fully saturated rings. The van der Waals surface area contributed by atoms with E-state index in [4.69, 9.17) is 10.5 Å². The van der Waals surface area contributed by atoms with E-state index in [0.29, 0.717) is 25.8 Å². The number of rotatable bonds is 13. The first-order valence-corrected chi connectivity index (χ1v) is 12.8. The fourth-order valence-corrected chi connectivity index (χ4v) is 5.43. The lowest BCUT2D eigenvalue weighted by Crippen LogP contribution is -2.54. The molecule has 0 aliphatic heterocycles. The predicted molar refractivity (Wildman–Crippen MR) is 133 cm³/mol. The molecule has 1 aromatic carbocycles. The van der Waals surface area contributed by atoms with Gasteiger partial charge in [-0.05, 0) is 81.1 Å². The molecule has 36 heavy (non-hydrogen) atoms. The van der Waals surface area contributed by atoms with E-state index in [1.54, 1.807) is 0 Å². The number of carbonyl (C=O) groups excluding carboxylic acids is 3. The Morgan fingerprint density at radius 1 is 1.00 bits per heavy atom. The minimum Gasteiger partial charge on any atom is -0.465 e. The van der Waals surface area contributed by atoms with Crippen LogP contribution in [0.15, 0.2) is 30.3 Å². The second kappa shape index (κ2) is 13.1. The summed E-state index contributed by atoms with van der Waals surface area (Å²) in [5.74, 6) is -0.444. The van der Waals surface area contributed by atoms with Crippen molar-refractivity contribution in [3.8, 4) is 0 Å². The van der Waals surface area contributed by atoms with Gasteiger partial charge in [-0.25, -0.2) is 9.59 Å². The third-order valence-corrected chi connectivity index (χ3v) is 7.56. The molecule has 4 rings (SSSR count). The van der Waals surface area contributed by atoms with Crippen molar-refractivity contribution in [2.24, 2.45) is 17.1 Å². The Morgan fingerprint density at radius 2 is 1.67 bits per heavy atom. The minimum atomic E-state index is -1.27. The second-order valence-electron chi connectivity index (χ2n) is 10.1. The number of nitrogens with one attached hydrogen (secondary N) is 3. The molecule has 0 radical (unpaired) electrons. The lowest BCUT2D eigenvalue weighted by molar-refractivity contribution is -0.129. The van der Waals surface area contributed by atoms with Gasteiger partial charge in [0.05, 0.1) is 0 Å². The van der Waals surface area contributed by atoms with Crippen molar-refractivity contribution in [1.29, 1.82) is 0 Å². The summed E-state index contributed by atoms with van der Waals surface area (Å²) in [5, 5.41) is 17.0. The van der Waals surface area contributed by atoms with Gasteiger partial charge in [-0.2, -0.15) is 0 Å². The number of carbonyl (C=O) groups is 4. The van der Waals surface area contributed by atoms with E-state index in [2.05, 4.69) is 16.0 Å². The molecular formula is C26H38N4O6. The maximum absolute atomic E-state index is 13.0. The molecule has 2 atom stereocenters. The summed E-state index contributed by atoms with van der Waals surface area (Å²) < 4.78 is 5.15. The van der Waals surface area contributed by atoms with Crippen molar-refractivity contribution >= 4 is 24.0 Å². The Labute approximate surface area is 211 Å². The number of carboxylic acid groups (broad SMARTS) is 1. The van der Waals surface area contributed by atoms with Gasteiger partial charge in [0.2, 0.25) is 11.8 Å². The Bertz CT molecular complexity index is 887. The van der Waals surface area contributed by atoms with Crippen molar-refractivity contribution in [3.63, 3.8) is 0 Å². The average molecular weight is 503 g/mol. The van der Waals surface area contributed by atoms with E-state index in [1.165, 1.54) is 0 Å². The standard InChI is InChI=1S/C26H38N4O6/c27-22(31)20(8-4-5-15-28-25(35)36-17-19-6-2-1-3-7-19)29-23(32)21(30-24(33)34)16-26-12-9-18(10-13-26)11-14-26/h1-3,6-7,18,20-21,30H,4-5,8-17H2,(H2,27,31)(H,28,35)(H,29,32)(H,33,34)/t18?,20-,21-,26?/m0/s1. The molecule has 198 valence electrons. The largest absolute Gasteiger partial charge is 0.465 e. The number of amides is 4. The van der Waals surface area contributed by atoms with Crippen LogP contribution >= 0.6 is 0 Å². The number of ether oxygens (including phenoxy) is 1. The zero-order valence-electron chi connectivity index (χ0n) is 20.7. The summed E-state index contributed by atoms with van der Waals surface area (Å²) in [5.41, 5.74) is 6.37. The summed E-state index contributed by atoms with van der Waals surface area (Å²) in [4.78, 5) is 48.2. The highest BCUT2D eigenvalue weighted by atomic mass is 16.5. The summed E-state index contributed by atoms with van der Waals surface area (Å²) >= 11 is 0. The van der Waals surface area contributed by atoms with Crippen molar-refractivity contribution in [1.82, 2.24) is 16.0 Å². The van der Waals surface area contributed by atoms with Gasteiger partial charge < -0.3 is 31.5 Å². The normalized spacial score (nSPS) is 22.2. The molecule has 0 saturated heterocycles. The van der Waals surface area contributed by atoms with E-state index >= 15 is 0 Å². The van der Waals surface area contributed by atoms with E-state index in [9.17, 15) is 24.3 Å². The molecule has 1 aromatic rings. The van der Waals surface area contributed by atoms with E-state index in [-0.39, 0.29) is 18.4 Å². The number of unbranched alkanes of at least 4 members (excludes halogenated alkanes) is 1. The zero-order valence-corrected chi connectivity index (χ0v) is 20.7. The molecule has 10 heteroatoms. The lowest BCUT2D eigenvalue weighted by atomic mass is 9.58. The molecule has 3 aliphatic rings. The Hall–Kier alpha value is -3.30. The first-order chi connectivity index (χ1) is 17.3. The summed E-state index contributed by atoms with van der Waals surface area (Å²) in [6.45, 7) is 0.523. The smallest absolute Gasteiger partial charge is 0.407 e. The van der Waals surface area contributed by atoms with Crippen LogP contribution < -0.4 is 21.7 Å². The van der Waals surface area contributed by atoms with Gasteiger partial charge in [-0.15, -0.1) is 0 Å². The van der Waals surface area contributed by atoms with Crippen LogP contribution in [0.5, 0.6) is 0 Å². The Kier molecular flexibility index (Phi) is 9.95. The number of nitrogens with two attached hydrogens (primary N) is 1. The summed E-state index contributed by atoms with van der Waals surface area (Å²) in [6.07, 6.45) is 6.38. The summed E-state index contributed by atoms with van der Waals surface area (Å²) in [6, 6.07) is 7.49. The molecule has 3 aliphatic carbocycles. The van der Waals surface area contributed by atoms with Gasteiger partial charge in [0.15, 0.2) is 0 Å². The average Bonchev–Trinajstić information content (AvgIpc) is 2.87. The topological polar surface area (TPSA) is 160 Å². The molecule has 10 nitrogen and oxygen atoms in total. The Morgan fingerprint density at radius 3 is 2.28 bits per heavy atom. The second-order valence-corrected chi connectivity index (χ2v) is 10.1. The molecule has 4 amide bonds. The van der Waals surface area contributed by atoms with Crippen molar-refractivity contribution in [3.05, 3.63) is 35.9 Å². The van der Waals surface area contributed by atoms with Crippen molar-refractivity contribution in [2.45, 2.75) is 82.9 Å². The molecule has 2 bridgehead atoms. The zero-order chi connectivity index (χ0) is 26.0. The molecule has 0 spiro atoms. The Balaban J connectivity index is 1.41. The highest BCUT2D eigenvalue weighted by molar-refractivity contribution is 5.90. The summed E-state index contributed by atoms with van der Waals surface area (Å²) in [7, 11) is 0. The maximum Gasteiger partial charge on any atom is 0.407 e. The number of benzene rings is 1. The number of hydrogen-bond acceptors (Lipinski definition) is 5. The van der Waals surface area contributed by atoms with Gasteiger partial charge in [-0.3, -0.25) is 9.59 Å². The predicted octanol–water partition coefficient (Wildman–Crippen LogP) is 3.05. The highest BCUT2D eigenvalue weighted by Crippen LogP contribution is 2.52. The quantitative estimate of drug-likeness (QED) is 0.261. The van der Waals surface area contributed by atoms with E-state index in [0.717, 1.165) is 50.0 Å². The molecule has 0 heterocycles. The third kappa shape index (κ3) is 8.42. The minimum absolute atomic E-state index is 0.0256. The lowest BCUT2D eigenvalue weighted by Gasteiger charge is -2.47. The van der Waals surface area contributed by atoms with Crippen LogP contribution in [0.1, 0.15) is 69.8 Å². The first-order valence-electron chi connectivity index (χ1n) is 12.8. The van der Waals surface area contributed by atoms with Crippen LogP contribution in [0.2, 0.25) is 0 Å². The van der Waals surface area contributed by atoms with Gasteiger partial charge in [0, 0.05) is 6.54 Å². The van der Waals surface area contributed by atoms with Crippen molar-refractivity contribution < 1.29 is 29.0 Å². The van der Waals surface area contributed by atoms with Crippen LogP contribution in [0.4, 0.5) is 9.59 Å². The highest BCUT2D eigenvalue weighted by Gasteiger charge is 2.43. The number of fused-ring (bicyclic) bond motifs is 3. The third-order valence-electron chi connectivity index (χ3n) is 7.56. The SMILES string of the molecule is NC(=O)[C@H](CCCCNC(=O)OCc1ccccc1)NC(=O)[C@H](CC12CCC(CC1)CC2)NC(=O)O.